The fourth-order valence-corrected chi connectivity index (χ4v) is 0.763. The van der Waals surface area contributed by atoms with Crippen LogP contribution in [-0.2, 0) is 0 Å². The zero-order valence-electron chi connectivity index (χ0n) is 5.70. The summed E-state index contributed by atoms with van der Waals surface area (Å²) >= 11 is 0. The van der Waals surface area contributed by atoms with Gasteiger partial charge in [0.25, 0.3) is 0 Å². The molecule has 0 amide bonds. The second-order valence-electron chi connectivity index (χ2n) is 2.14. The highest BCUT2D eigenvalue weighted by Crippen LogP contribution is 1.95. The van der Waals surface area contributed by atoms with E-state index in [9.17, 15) is 0 Å². The third kappa shape index (κ3) is 1.93. The smallest absolute Gasteiger partial charge is 0.104 e. The number of aliphatic hydroxyl groups is 1. The lowest BCUT2D eigenvalue weighted by Gasteiger charge is -2.17. The van der Waals surface area contributed by atoms with Crippen molar-refractivity contribution in [3.05, 3.63) is 24.6 Å². The van der Waals surface area contributed by atoms with Gasteiger partial charge in [0.05, 0.1) is 12.9 Å². The molecule has 0 aromatic heterocycles. The Morgan fingerprint density at radius 3 is 3.10 bits per heavy atom. The molecule has 0 saturated carbocycles. The minimum absolute atomic E-state index is 0.168. The summed E-state index contributed by atoms with van der Waals surface area (Å²) in [7, 11) is 0. The van der Waals surface area contributed by atoms with E-state index in [4.69, 9.17) is 5.11 Å². The van der Waals surface area contributed by atoms with Gasteiger partial charge in [-0.1, -0.05) is 6.58 Å². The zero-order valence-corrected chi connectivity index (χ0v) is 5.70. The van der Waals surface area contributed by atoms with Gasteiger partial charge in [-0.05, 0) is 6.08 Å². The van der Waals surface area contributed by atoms with Gasteiger partial charge in [-0.2, -0.15) is 0 Å². The van der Waals surface area contributed by atoms with Gasteiger partial charge >= 0.3 is 0 Å². The Hall–Kier alpha value is -1.25. The Morgan fingerprint density at radius 2 is 2.60 bits per heavy atom. The highest BCUT2D eigenvalue weighted by molar-refractivity contribution is 5.57. The number of hydrogen-bond acceptors (Lipinski definition) is 3. The molecular weight excluding hydrogens is 128 g/mol. The maximum atomic E-state index is 8.78. The minimum atomic E-state index is 0.168. The van der Waals surface area contributed by atoms with Crippen LogP contribution in [0.2, 0.25) is 0 Å². The van der Waals surface area contributed by atoms with Crippen molar-refractivity contribution in [3.8, 4) is 0 Å². The van der Waals surface area contributed by atoms with E-state index in [0.717, 1.165) is 6.54 Å². The average Bonchev–Trinajstić information content (AvgIpc) is 1.88. The van der Waals surface area contributed by atoms with Crippen molar-refractivity contribution in [1.29, 1.82) is 0 Å². The SMILES string of the molecule is C=C(O)CN1C=NC=CC1. The monoisotopic (exact) mass is 138 g/mol. The van der Waals surface area contributed by atoms with E-state index in [1.54, 1.807) is 12.5 Å². The summed E-state index contributed by atoms with van der Waals surface area (Å²) in [6, 6.07) is 0. The first-order valence-electron chi connectivity index (χ1n) is 3.08. The molecule has 3 heteroatoms. The van der Waals surface area contributed by atoms with Crippen LogP contribution in [0.1, 0.15) is 0 Å². The molecule has 1 heterocycles. The fraction of sp³-hybridized carbons (Fsp3) is 0.286. The predicted octanol–water partition coefficient (Wildman–Crippen LogP) is 0.916. The van der Waals surface area contributed by atoms with Crippen molar-refractivity contribution in [1.82, 2.24) is 4.90 Å². The van der Waals surface area contributed by atoms with Gasteiger partial charge in [0.15, 0.2) is 0 Å². The number of aliphatic hydroxyl groups excluding tert-OH is 1. The molecule has 3 nitrogen and oxygen atoms in total. The molecule has 0 aromatic carbocycles. The summed E-state index contributed by atoms with van der Waals surface area (Å²) in [5, 5.41) is 8.78. The quantitative estimate of drug-likeness (QED) is 0.576. The van der Waals surface area contributed by atoms with Crippen LogP contribution in [0.5, 0.6) is 0 Å². The topological polar surface area (TPSA) is 35.8 Å². The van der Waals surface area contributed by atoms with E-state index in [1.165, 1.54) is 0 Å². The molecule has 0 radical (unpaired) electrons. The van der Waals surface area contributed by atoms with E-state index in [0.29, 0.717) is 6.54 Å². The molecule has 1 aliphatic heterocycles. The largest absolute Gasteiger partial charge is 0.511 e. The van der Waals surface area contributed by atoms with Crippen LogP contribution >= 0.6 is 0 Å². The Labute approximate surface area is 60.0 Å². The van der Waals surface area contributed by atoms with Crippen LogP contribution in [-0.4, -0.2) is 29.4 Å². The zero-order chi connectivity index (χ0) is 7.40. The summed E-state index contributed by atoms with van der Waals surface area (Å²) in [6.45, 7) is 4.64. The Morgan fingerprint density at radius 1 is 1.80 bits per heavy atom. The number of aliphatic imine (C=N–C) groups is 1. The van der Waals surface area contributed by atoms with Crippen molar-refractivity contribution in [2.75, 3.05) is 13.1 Å². The Kier molecular flexibility index (Phi) is 2.10. The first kappa shape index (κ1) is 6.86. The molecular formula is C7H10N2O. The van der Waals surface area contributed by atoms with E-state index in [1.807, 2.05) is 11.0 Å². The Balaban J connectivity index is 2.37. The second kappa shape index (κ2) is 3.06. The first-order valence-corrected chi connectivity index (χ1v) is 3.08. The predicted molar refractivity (Wildman–Crippen MR) is 41.0 cm³/mol. The maximum Gasteiger partial charge on any atom is 0.104 e. The third-order valence-corrected chi connectivity index (χ3v) is 1.15. The van der Waals surface area contributed by atoms with Gasteiger partial charge in [-0.3, -0.25) is 0 Å². The lowest BCUT2D eigenvalue weighted by Crippen LogP contribution is -2.25. The van der Waals surface area contributed by atoms with Gasteiger partial charge in [-0.25, -0.2) is 4.99 Å². The van der Waals surface area contributed by atoms with E-state index < -0.39 is 0 Å². The molecule has 0 spiro atoms. The molecule has 10 heavy (non-hydrogen) atoms. The summed E-state index contributed by atoms with van der Waals surface area (Å²) < 4.78 is 0. The molecule has 0 bridgehead atoms. The van der Waals surface area contributed by atoms with Gasteiger partial charge < -0.3 is 10.0 Å². The number of hydrogen-bond donors (Lipinski definition) is 1. The lowest BCUT2D eigenvalue weighted by molar-refractivity contribution is 0.349. The molecule has 0 saturated heterocycles. The Bertz CT molecular complexity index is 184. The van der Waals surface area contributed by atoms with Crippen LogP contribution in [0.15, 0.2) is 29.6 Å². The van der Waals surface area contributed by atoms with Crippen molar-refractivity contribution in [2.45, 2.75) is 0 Å². The van der Waals surface area contributed by atoms with Crippen molar-refractivity contribution in [3.63, 3.8) is 0 Å². The summed E-state index contributed by atoms with van der Waals surface area (Å²) in [5.41, 5.74) is 0. The normalized spacial score (nSPS) is 15.8. The van der Waals surface area contributed by atoms with Gasteiger partial charge in [0.1, 0.15) is 5.76 Å². The van der Waals surface area contributed by atoms with Crippen molar-refractivity contribution >= 4 is 6.34 Å². The van der Waals surface area contributed by atoms with Gasteiger partial charge in [-0.15, -0.1) is 0 Å². The highest BCUT2D eigenvalue weighted by Gasteiger charge is 2.00. The minimum Gasteiger partial charge on any atom is -0.511 e. The number of rotatable bonds is 2. The fourth-order valence-electron chi connectivity index (χ4n) is 0.763. The van der Waals surface area contributed by atoms with Crippen LogP contribution in [0, 0.1) is 0 Å². The molecule has 1 rings (SSSR count). The van der Waals surface area contributed by atoms with Gasteiger partial charge in [0.2, 0.25) is 0 Å². The van der Waals surface area contributed by atoms with Crippen LogP contribution in [0.3, 0.4) is 0 Å². The second-order valence-corrected chi connectivity index (χ2v) is 2.14. The summed E-state index contributed by atoms with van der Waals surface area (Å²) in [6.07, 6.45) is 5.33. The molecule has 1 N–H and O–H groups in total. The molecule has 54 valence electrons. The lowest BCUT2D eigenvalue weighted by atomic mass is 10.4. The maximum absolute atomic E-state index is 8.78. The van der Waals surface area contributed by atoms with E-state index >= 15 is 0 Å². The first-order chi connectivity index (χ1) is 4.79. The third-order valence-electron chi connectivity index (χ3n) is 1.15. The standard InChI is InChI=1S/C7H10N2O/c1-7(10)5-9-4-2-3-8-6-9/h2-3,6,10H,1,4-5H2. The summed E-state index contributed by atoms with van der Waals surface area (Å²) in [5.74, 6) is 0.168. The molecule has 0 fully saturated rings. The molecule has 0 aromatic rings. The molecule has 1 aliphatic rings. The van der Waals surface area contributed by atoms with Crippen molar-refractivity contribution in [2.24, 2.45) is 4.99 Å². The summed E-state index contributed by atoms with van der Waals surface area (Å²) in [4.78, 5) is 5.74. The van der Waals surface area contributed by atoms with Crippen LogP contribution in [0.25, 0.3) is 0 Å². The molecule has 0 aliphatic carbocycles. The molecule has 0 atom stereocenters. The average molecular weight is 138 g/mol. The van der Waals surface area contributed by atoms with E-state index in [2.05, 4.69) is 11.6 Å². The van der Waals surface area contributed by atoms with Crippen molar-refractivity contribution < 1.29 is 5.11 Å². The van der Waals surface area contributed by atoms with Gasteiger partial charge in [0, 0.05) is 12.7 Å². The van der Waals surface area contributed by atoms with Crippen LogP contribution < -0.4 is 0 Å². The molecule has 0 unspecified atom stereocenters. The van der Waals surface area contributed by atoms with Crippen LogP contribution in [0.4, 0.5) is 0 Å². The van der Waals surface area contributed by atoms with E-state index in [-0.39, 0.29) is 5.76 Å². The number of nitrogens with zero attached hydrogens (tertiary/aromatic N) is 2. The highest BCUT2D eigenvalue weighted by atomic mass is 16.3.